The molecule has 2 nitrogen and oxygen atoms in total. The van der Waals surface area contributed by atoms with Gasteiger partial charge in [-0.05, 0) is 31.7 Å². The maximum Gasteiger partial charge on any atom is 0.0625 e. The van der Waals surface area contributed by atoms with E-state index < -0.39 is 0 Å². The molecule has 1 aliphatic rings. The first-order valence-electron chi connectivity index (χ1n) is 6.97. The van der Waals surface area contributed by atoms with Gasteiger partial charge in [0.05, 0.1) is 12.7 Å². The molecule has 1 aliphatic carbocycles. The largest absolute Gasteiger partial charge is 0.376 e. The second kappa shape index (κ2) is 7.29. The normalized spacial score (nSPS) is 28.3. The minimum absolute atomic E-state index is 0.499. The van der Waals surface area contributed by atoms with Gasteiger partial charge < -0.3 is 10.1 Å². The van der Waals surface area contributed by atoms with Crippen molar-refractivity contribution in [1.82, 2.24) is 5.32 Å². The first kappa shape index (κ1) is 14.0. The van der Waals surface area contributed by atoms with E-state index in [1.165, 1.54) is 32.1 Å². The zero-order valence-electron chi connectivity index (χ0n) is 11.5. The average Bonchev–Trinajstić information content (AvgIpc) is 2.30. The highest BCUT2D eigenvalue weighted by Crippen LogP contribution is 2.29. The summed E-state index contributed by atoms with van der Waals surface area (Å²) in [5.41, 5.74) is 0. The van der Waals surface area contributed by atoms with Crippen LogP contribution in [-0.4, -0.2) is 25.8 Å². The van der Waals surface area contributed by atoms with E-state index in [-0.39, 0.29) is 0 Å². The van der Waals surface area contributed by atoms with Crippen LogP contribution in [0.5, 0.6) is 0 Å². The standard InChI is InChI=1S/C14H29NO/c1-5-12-8-6-7-9-14(12)16-10-13(15-4)11(2)3/h11-15H,5-10H2,1-4H3. The van der Waals surface area contributed by atoms with Gasteiger partial charge in [0, 0.05) is 6.04 Å². The molecular weight excluding hydrogens is 198 g/mol. The fraction of sp³-hybridized carbons (Fsp3) is 1.00. The highest BCUT2D eigenvalue weighted by Gasteiger charge is 2.25. The van der Waals surface area contributed by atoms with Gasteiger partial charge in [-0.2, -0.15) is 0 Å². The van der Waals surface area contributed by atoms with E-state index in [0.717, 1.165) is 12.5 Å². The van der Waals surface area contributed by atoms with Crippen molar-refractivity contribution in [2.75, 3.05) is 13.7 Å². The maximum absolute atomic E-state index is 6.14. The van der Waals surface area contributed by atoms with Gasteiger partial charge in [-0.25, -0.2) is 0 Å². The number of hydrogen-bond acceptors (Lipinski definition) is 2. The van der Waals surface area contributed by atoms with Crippen LogP contribution < -0.4 is 5.32 Å². The number of nitrogens with one attached hydrogen (secondary N) is 1. The van der Waals surface area contributed by atoms with Crippen molar-refractivity contribution in [3.63, 3.8) is 0 Å². The molecule has 96 valence electrons. The molecule has 0 aromatic heterocycles. The fourth-order valence-corrected chi connectivity index (χ4v) is 2.70. The monoisotopic (exact) mass is 227 g/mol. The summed E-state index contributed by atoms with van der Waals surface area (Å²) in [6.45, 7) is 7.67. The molecule has 16 heavy (non-hydrogen) atoms. The van der Waals surface area contributed by atoms with Crippen LogP contribution in [0.1, 0.15) is 52.9 Å². The highest BCUT2D eigenvalue weighted by molar-refractivity contribution is 4.76. The van der Waals surface area contributed by atoms with Crippen LogP contribution in [-0.2, 0) is 4.74 Å². The van der Waals surface area contributed by atoms with E-state index in [4.69, 9.17) is 4.74 Å². The van der Waals surface area contributed by atoms with Gasteiger partial charge in [0.15, 0.2) is 0 Å². The van der Waals surface area contributed by atoms with E-state index in [1.54, 1.807) is 0 Å². The Morgan fingerprint density at radius 1 is 1.25 bits per heavy atom. The lowest BCUT2D eigenvalue weighted by molar-refractivity contribution is -0.0253. The quantitative estimate of drug-likeness (QED) is 0.752. The van der Waals surface area contributed by atoms with Crippen molar-refractivity contribution in [3.05, 3.63) is 0 Å². The third-order valence-corrected chi connectivity index (χ3v) is 4.03. The molecule has 0 aromatic rings. The molecule has 0 radical (unpaired) electrons. The van der Waals surface area contributed by atoms with Gasteiger partial charge in [0.25, 0.3) is 0 Å². The summed E-state index contributed by atoms with van der Waals surface area (Å²) in [6.07, 6.45) is 7.19. The van der Waals surface area contributed by atoms with Gasteiger partial charge in [-0.15, -0.1) is 0 Å². The second-order valence-electron chi connectivity index (χ2n) is 5.46. The van der Waals surface area contributed by atoms with E-state index in [2.05, 4.69) is 26.1 Å². The first-order chi connectivity index (χ1) is 7.69. The number of rotatable bonds is 6. The lowest BCUT2D eigenvalue weighted by atomic mass is 9.84. The molecule has 0 heterocycles. The molecule has 2 heteroatoms. The van der Waals surface area contributed by atoms with Crippen molar-refractivity contribution in [2.45, 2.75) is 65.0 Å². The summed E-state index contributed by atoms with van der Waals surface area (Å²) in [5, 5.41) is 3.35. The Morgan fingerprint density at radius 2 is 1.94 bits per heavy atom. The smallest absolute Gasteiger partial charge is 0.0625 e. The van der Waals surface area contributed by atoms with E-state index in [0.29, 0.717) is 18.1 Å². The van der Waals surface area contributed by atoms with E-state index in [9.17, 15) is 0 Å². The fourth-order valence-electron chi connectivity index (χ4n) is 2.70. The summed E-state index contributed by atoms with van der Waals surface area (Å²) >= 11 is 0. The number of likely N-dealkylation sites (N-methyl/N-ethyl adjacent to an activating group) is 1. The van der Waals surface area contributed by atoms with Crippen molar-refractivity contribution in [2.24, 2.45) is 11.8 Å². The lowest BCUT2D eigenvalue weighted by Crippen LogP contribution is -2.38. The van der Waals surface area contributed by atoms with Crippen LogP contribution in [0.2, 0.25) is 0 Å². The summed E-state index contributed by atoms with van der Waals surface area (Å²) in [4.78, 5) is 0. The molecule has 0 amide bonds. The number of hydrogen-bond donors (Lipinski definition) is 1. The number of ether oxygens (including phenoxy) is 1. The van der Waals surface area contributed by atoms with Crippen molar-refractivity contribution >= 4 is 0 Å². The summed E-state index contributed by atoms with van der Waals surface area (Å²) in [7, 11) is 2.03. The first-order valence-corrected chi connectivity index (χ1v) is 6.97. The van der Waals surface area contributed by atoms with Crippen molar-refractivity contribution in [3.8, 4) is 0 Å². The minimum Gasteiger partial charge on any atom is -0.376 e. The Kier molecular flexibility index (Phi) is 6.37. The Morgan fingerprint density at radius 3 is 2.50 bits per heavy atom. The van der Waals surface area contributed by atoms with Crippen LogP contribution in [0.4, 0.5) is 0 Å². The molecule has 0 bridgehead atoms. The summed E-state index contributed by atoms with van der Waals surface area (Å²) in [6, 6.07) is 0.499. The molecular formula is C14H29NO. The van der Waals surface area contributed by atoms with Gasteiger partial charge in [-0.1, -0.05) is 40.0 Å². The van der Waals surface area contributed by atoms with Crippen molar-refractivity contribution < 1.29 is 4.74 Å². The van der Waals surface area contributed by atoms with Gasteiger partial charge in [-0.3, -0.25) is 0 Å². The lowest BCUT2D eigenvalue weighted by Gasteiger charge is -2.32. The zero-order valence-corrected chi connectivity index (χ0v) is 11.5. The van der Waals surface area contributed by atoms with Gasteiger partial charge in [0.2, 0.25) is 0 Å². The predicted octanol–water partition coefficient (Wildman–Crippen LogP) is 3.22. The van der Waals surface area contributed by atoms with Gasteiger partial charge >= 0.3 is 0 Å². The summed E-state index contributed by atoms with van der Waals surface area (Å²) in [5.74, 6) is 1.45. The maximum atomic E-state index is 6.14. The van der Waals surface area contributed by atoms with Crippen LogP contribution in [0.25, 0.3) is 0 Å². The minimum atomic E-state index is 0.499. The Hall–Kier alpha value is -0.0800. The van der Waals surface area contributed by atoms with Gasteiger partial charge in [0.1, 0.15) is 0 Å². The molecule has 1 saturated carbocycles. The Bertz CT molecular complexity index is 182. The molecule has 3 unspecified atom stereocenters. The molecule has 0 aliphatic heterocycles. The zero-order chi connectivity index (χ0) is 12.0. The molecule has 0 spiro atoms. The molecule has 1 rings (SSSR count). The van der Waals surface area contributed by atoms with E-state index >= 15 is 0 Å². The van der Waals surface area contributed by atoms with E-state index in [1.807, 2.05) is 7.05 Å². The average molecular weight is 227 g/mol. The molecule has 3 atom stereocenters. The molecule has 1 N–H and O–H groups in total. The van der Waals surface area contributed by atoms with Crippen LogP contribution in [0.3, 0.4) is 0 Å². The van der Waals surface area contributed by atoms with Crippen LogP contribution in [0, 0.1) is 11.8 Å². The second-order valence-corrected chi connectivity index (χ2v) is 5.46. The summed E-state index contributed by atoms with van der Waals surface area (Å²) < 4.78 is 6.14. The third-order valence-electron chi connectivity index (χ3n) is 4.03. The Labute approximate surface area is 101 Å². The SMILES string of the molecule is CCC1CCCCC1OCC(NC)C(C)C. The highest BCUT2D eigenvalue weighted by atomic mass is 16.5. The third kappa shape index (κ3) is 4.06. The van der Waals surface area contributed by atoms with Crippen molar-refractivity contribution in [1.29, 1.82) is 0 Å². The molecule has 0 aromatic carbocycles. The molecule has 1 fully saturated rings. The topological polar surface area (TPSA) is 21.3 Å². The predicted molar refractivity (Wildman–Crippen MR) is 69.7 cm³/mol. The Balaban J connectivity index is 2.34. The van der Waals surface area contributed by atoms with Crippen LogP contribution in [0.15, 0.2) is 0 Å². The molecule has 0 saturated heterocycles. The van der Waals surface area contributed by atoms with Crippen LogP contribution >= 0.6 is 0 Å².